The van der Waals surface area contributed by atoms with Crippen LogP contribution in [0.5, 0.6) is 11.5 Å². The van der Waals surface area contributed by atoms with Crippen LogP contribution < -0.4 is 15.4 Å². The Labute approximate surface area is 280 Å². The summed E-state index contributed by atoms with van der Waals surface area (Å²) in [5.41, 5.74) is 3.33. The molecule has 0 saturated carbocycles. The van der Waals surface area contributed by atoms with E-state index in [4.69, 9.17) is 4.74 Å². The molecule has 0 radical (unpaired) electrons. The van der Waals surface area contributed by atoms with E-state index in [2.05, 4.69) is 26.6 Å². The minimum Gasteiger partial charge on any atom is -0.480 e. The van der Waals surface area contributed by atoms with Crippen molar-refractivity contribution in [2.45, 2.75) is 12.5 Å². The van der Waals surface area contributed by atoms with E-state index in [1.54, 1.807) is 30.3 Å². The Balaban J connectivity index is 1.17. The van der Waals surface area contributed by atoms with E-state index in [-0.39, 0.29) is 17.7 Å². The van der Waals surface area contributed by atoms with E-state index in [9.17, 15) is 19.5 Å². The molecule has 0 aliphatic rings. The van der Waals surface area contributed by atoms with Gasteiger partial charge in [-0.1, -0.05) is 107 Å². The summed E-state index contributed by atoms with van der Waals surface area (Å²) in [6.07, 6.45) is 0.0519. The SMILES string of the molecule is O=C(Nc1ccc(Br)cc1C(=O)N[C@@H](Cc1ccc(-c2ccccc2Oc2ccccc2)cc1)C(=O)O)c1ccc2ccccc2c1. The molecule has 2 amide bonds. The molecule has 0 aromatic heterocycles. The number of ether oxygens (including phenoxy) is 1. The highest BCUT2D eigenvalue weighted by atomic mass is 79.9. The monoisotopic (exact) mass is 684 g/mol. The predicted molar refractivity (Wildman–Crippen MR) is 187 cm³/mol. The Morgan fingerprint density at radius 2 is 1.40 bits per heavy atom. The Hall–Kier alpha value is -5.73. The van der Waals surface area contributed by atoms with Gasteiger partial charge in [-0.05, 0) is 70.4 Å². The van der Waals surface area contributed by atoms with Crippen LogP contribution in [0.25, 0.3) is 21.9 Å². The topological polar surface area (TPSA) is 105 Å². The van der Waals surface area contributed by atoms with E-state index in [0.717, 1.165) is 33.2 Å². The minimum absolute atomic E-state index is 0.0519. The van der Waals surface area contributed by atoms with Gasteiger partial charge in [-0.2, -0.15) is 0 Å². The third kappa shape index (κ3) is 7.57. The Morgan fingerprint density at radius 3 is 2.17 bits per heavy atom. The van der Waals surface area contributed by atoms with Crippen LogP contribution in [0.1, 0.15) is 26.3 Å². The Bertz CT molecular complexity index is 2080. The molecule has 7 nitrogen and oxygen atoms in total. The highest BCUT2D eigenvalue weighted by molar-refractivity contribution is 9.10. The summed E-state index contributed by atoms with van der Waals surface area (Å²) in [6, 6.07) is 41.4. The number of amides is 2. The van der Waals surface area contributed by atoms with Gasteiger partial charge in [-0.15, -0.1) is 0 Å². The number of hydrogen-bond acceptors (Lipinski definition) is 4. The normalized spacial score (nSPS) is 11.4. The summed E-state index contributed by atoms with van der Waals surface area (Å²) in [4.78, 5) is 38.9. The van der Waals surface area contributed by atoms with Gasteiger partial charge in [0.2, 0.25) is 0 Å². The first kappa shape index (κ1) is 31.3. The van der Waals surface area contributed by atoms with E-state index in [1.165, 1.54) is 0 Å². The van der Waals surface area contributed by atoms with Crippen LogP contribution in [-0.2, 0) is 11.2 Å². The molecule has 1 atom stereocenters. The van der Waals surface area contributed by atoms with Crippen LogP contribution in [0.15, 0.2) is 144 Å². The van der Waals surface area contributed by atoms with Crippen molar-refractivity contribution >= 4 is 50.2 Å². The number of carbonyl (C=O) groups is 3. The molecule has 0 bridgehead atoms. The number of benzene rings is 6. The maximum atomic E-state index is 13.5. The highest BCUT2D eigenvalue weighted by Crippen LogP contribution is 2.33. The molecule has 6 aromatic rings. The zero-order valence-electron chi connectivity index (χ0n) is 25.0. The van der Waals surface area contributed by atoms with Crippen LogP contribution in [0.4, 0.5) is 5.69 Å². The van der Waals surface area contributed by atoms with E-state index < -0.39 is 23.8 Å². The number of nitrogens with one attached hydrogen (secondary N) is 2. The summed E-state index contributed by atoms with van der Waals surface area (Å²) in [5, 5.41) is 17.4. The molecule has 0 aliphatic carbocycles. The van der Waals surface area contributed by atoms with Gasteiger partial charge in [0.1, 0.15) is 17.5 Å². The van der Waals surface area contributed by atoms with Crippen molar-refractivity contribution in [2.24, 2.45) is 0 Å². The first-order valence-corrected chi connectivity index (χ1v) is 15.7. The van der Waals surface area contributed by atoms with Gasteiger partial charge >= 0.3 is 5.97 Å². The molecule has 6 rings (SSSR count). The Kier molecular flexibility index (Phi) is 9.41. The molecule has 232 valence electrons. The van der Waals surface area contributed by atoms with Gasteiger partial charge in [0, 0.05) is 22.0 Å². The second-order valence-electron chi connectivity index (χ2n) is 10.9. The molecule has 0 aliphatic heterocycles. The standard InChI is InChI=1S/C39H29BrN2O5/c40-30-20-21-34(41-37(43)29-19-18-26-8-4-5-9-28(26)23-29)33(24-30)38(44)42-35(39(45)46)22-25-14-16-27(17-15-25)32-12-6-7-13-36(32)47-31-10-2-1-3-11-31/h1-21,23-24,35H,22H2,(H,41,43)(H,42,44)(H,45,46)/t35-/m0/s1. The highest BCUT2D eigenvalue weighted by Gasteiger charge is 2.24. The van der Waals surface area contributed by atoms with Crippen LogP contribution in [-0.4, -0.2) is 28.9 Å². The van der Waals surface area contributed by atoms with Crippen molar-refractivity contribution in [3.63, 3.8) is 0 Å². The average Bonchev–Trinajstić information content (AvgIpc) is 3.09. The first-order chi connectivity index (χ1) is 22.8. The second-order valence-corrected chi connectivity index (χ2v) is 11.8. The third-order valence-corrected chi connectivity index (χ3v) is 8.15. The Morgan fingerprint density at radius 1 is 0.702 bits per heavy atom. The molecule has 0 heterocycles. The molecule has 6 aromatic carbocycles. The number of rotatable bonds is 10. The number of fused-ring (bicyclic) bond motifs is 1. The molecule has 0 saturated heterocycles. The summed E-state index contributed by atoms with van der Waals surface area (Å²) in [7, 11) is 0. The van der Waals surface area contributed by atoms with Gasteiger partial charge < -0.3 is 20.5 Å². The maximum absolute atomic E-state index is 13.5. The summed E-state index contributed by atoms with van der Waals surface area (Å²) in [6.45, 7) is 0. The molecule has 0 spiro atoms. The van der Waals surface area contributed by atoms with Gasteiger partial charge in [0.25, 0.3) is 11.8 Å². The number of halogens is 1. The fourth-order valence-electron chi connectivity index (χ4n) is 5.24. The van der Waals surface area contributed by atoms with Gasteiger partial charge in [0.15, 0.2) is 0 Å². The molecule has 0 fully saturated rings. The molecular formula is C39H29BrN2O5. The number of anilines is 1. The van der Waals surface area contributed by atoms with E-state index in [0.29, 0.717) is 15.8 Å². The predicted octanol–water partition coefficient (Wildman–Crippen LogP) is 8.74. The molecule has 0 unspecified atom stereocenters. The number of para-hydroxylation sites is 2. The fourth-order valence-corrected chi connectivity index (χ4v) is 5.60. The van der Waals surface area contributed by atoms with Gasteiger partial charge in [-0.25, -0.2) is 4.79 Å². The summed E-state index contributed by atoms with van der Waals surface area (Å²) >= 11 is 3.38. The average molecular weight is 686 g/mol. The summed E-state index contributed by atoms with van der Waals surface area (Å²) in [5.74, 6) is -0.784. The lowest BCUT2D eigenvalue weighted by Crippen LogP contribution is -2.42. The third-order valence-electron chi connectivity index (χ3n) is 7.65. The van der Waals surface area contributed by atoms with Crippen molar-refractivity contribution in [1.82, 2.24) is 5.32 Å². The zero-order chi connectivity index (χ0) is 32.8. The van der Waals surface area contributed by atoms with E-state index >= 15 is 0 Å². The largest absolute Gasteiger partial charge is 0.480 e. The smallest absolute Gasteiger partial charge is 0.326 e. The van der Waals surface area contributed by atoms with Crippen molar-refractivity contribution in [3.05, 3.63) is 161 Å². The van der Waals surface area contributed by atoms with Crippen LogP contribution in [0.3, 0.4) is 0 Å². The lowest BCUT2D eigenvalue weighted by Gasteiger charge is -2.17. The van der Waals surface area contributed by atoms with Crippen LogP contribution in [0.2, 0.25) is 0 Å². The minimum atomic E-state index is -1.22. The van der Waals surface area contributed by atoms with Crippen molar-refractivity contribution in [3.8, 4) is 22.6 Å². The fraction of sp³-hybridized carbons (Fsp3) is 0.0513. The van der Waals surface area contributed by atoms with E-state index in [1.807, 2.05) is 109 Å². The van der Waals surface area contributed by atoms with Crippen molar-refractivity contribution in [2.75, 3.05) is 5.32 Å². The maximum Gasteiger partial charge on any atom is 0.326 e. The zero-order valence-corrected chi connectivity index (χ0v) is 26.6. The van der Waals surface area contributed by atoms with Crippen LogP contribution in [0, 0.1) is 0 Å². The second kappa shape index (κ2) is 14.1. The summed E-state index contributed by atoms with van der Waals surface area (Å²) < 4.78 is 6.71. The number of aliphatic carboxylic acids is 1. The lowest BCUT2D eigenvalue weighted by molar-refractivity contribution is -0.139. The van der Waals surface area contributed by atoms with Crippen molar-refractivity contribution in [1.29, 1.82) is 0 Å². The first-order valence-electron chi connectivity index (χ1n) is 14.9. The molecule has 47 heavy (non-hydrogen) atoms. The lowest BCUT2D eigenvalue weighted by atomic mass is 9.99. The molecule has 8 heteroatoms. The van der Waals surface area contributed by atoms with Crippen molar-refractivity contribution < 1.29 is 24.2 Å². The van der Waals surface area contributed by atoms with Crippen LogP contribution >= 0.6 is 15.9 Å². The van der Waals surface area contributed by atoms with Gasteiger partial charge in [-0.3, -0.25) is 9.59 Å². The molecule has 3 N–H and O–H groups in total. The number of carbonyl (C=O) groups excluding carboxylic acids is 2. The molecular weight excluding hydrogens is 656 g/mol. The number of carboxylic acids is 1. The van der Waals surface area contributed by atoms with Gasteiger partial charge in [0.05, 0.1) is 11.3 Å². The quantitative estimate of drug-likeness (QED) is 0.134. The number of carboxylic acid groups (broad SMARTS) is 1. The number of hydrogen-bond donors (Lipinski definition) is 3.